The molecule has 0 N–H and O–H groups in total. The topological polar surface area (TPSA) is 40.6 Å². The van der Waals surface area contributed by atoms with Gasteiger partial charge in [-0.1, -0.05) is 26.0 Å². The molecule has 0 fully saturated rings. The van der Waals surface area contributed by atoms with Crippen LogP contribution in [0.4, 0.5) is 11.4 Å². The molecule has 108 valence electrons. The van der Waals surface area contributed by atoms with Crippen LogP contribution in [0.25, 0.3) is 0 Å². The van der Waals surface area contributed by atoms with Crippen LogP contribution >= 0.6 is 0 Å². The quantitative estimate of drug-likeness (QED) is 0.832. The standard InChI is InChI=1S/C16H22N2O2/c1-11(2)9-16(20)17-10-12(3)18(13(4)19)15-8-6-5-7-14(15)17/h5-8,11-12H,9-10H2,1-4H3. The van der Waals surface area contributed by atoms with Crippen molar-refractivity contribution in [2.45, 2.75) is 40.2 Å². The molecule has 20 heavy (non-hydrogen) atoms. The SMILES string of the molecule is CC(=O)N1c2ccccc2N(C(=O)CC(C)C)CC1C. The van der Waals surface area contributed by atoms with E-state index in [0.29, 0.717) is 18.9 Å². The number of anilines is 2. The molecule has 1 aliphatic rings. The molecular formula is C16H22N2O2. The molecule has 2 amide bonds. The van der Waals surface area contributed by atoms with Crippen molar-refractivity contribution in [2.75, 3.05) is 16.3 Å². The molecule has 1 unspecified atom stereocenters. The van der Waals surface area contributed by atoms with Crippen LogP contribution in [0.15, 0.2) is 24.3 Å². The fraction of sp³-hybridized carbons (Fsp3) is 0.500. The normalized spacial score (nSPS) is 18.1. The van der Waals surface area contributed by atoms with Gasteiger partial charge in [0.25, 0.3) is 0 Å². The predicted octanol–water partition coefficient (Wildman–Crippen LogP) is 2.82. The van der Waals surface area contributed by atoms with Gasteiger partial charge in [0, 0.05) is 19.9 Å². The van der Waals surface area contributed by atoms with Crippen molar-refractivity contribution < 1.29 is 9.59 Å². The van der Waals surface area contributed by atoms with E-state index in [2.05, 4.69) is 0 Å². The van der Waals surface area contributed by atoms with E-state index in [-0.39, 0.29) is 17.9 Å². The highest BCUT2D eigenvalue weighted by Gasteiger charge is 2.33. The van der Waals surface area contributed by atoms with Crippen LogP contribution in [0.1, 0.15) is 34.1 Å². The number of fused-ring (bicyclic) bond motifs is 1. The number of benzene rings is 1. The molecule has 4 nitrogen and oxygen atoms in total. The van der Waals surface area contributed by atoms with Gasteiger partial charge in [0.2, 0.25) is 11.8 Å². The molecule has 1 atom stereocenters. The highest BCUT2D eigenvalue weighted by atomic mass is 16.2. The van der Waals surface area contributed by atoms with Gasteiger partial charge in [0.05, 0.1) is 17.4 Å². The summed E-state index contributed by atoms with van der Waals surface area (Å²) in [5.41, 5.74) is 1.67. The molecule has 1 aliphatic heterocycles. The number of hydrogen-bond donors (Lipinski definition) is 0. The summed E-state index contributed by atoms with van der Waals surface area (Å²) in [5, 5.41) is 0. The number of carbonyl (C=O) groups is 2. The fourth-order valence-corrected chi connectivity index (χ4v) is 2.75. The Kier molecular flexibility index (Phi) is 4.12. The third kappa shape index (κ3) is 2.69. The van der Waals surface area contributed by atoms with Gasteiger partial charge < -0.3 is 9.80 Å². The van der Waals surface area contributed by atoms with Crippen molar-refractivity contribution in [3.05, 3.63) is 24.3 Å². The summed E-state index contributed by atoms with van der Waals surface area (Å²) in [7, 11) is 0. The summed E-state index contributed by atoms with van der Waals surface area (Å²) >= 11 is 0. The zero-order valence-corrected chi connectivity index (χ0v) is 12.6. The fourth-order valence-electron chi connectivity index (χ4n) is 2.75. The maximum atomic E-state index is 12.4. The minimum absolute atomic E-state index is 0.00138. The van der Waals surface area contributed by atoms with Gasteiger partial charge >= 0.3 is 0 Å². The first-order valence-corrected chi connectivity index (χ1v) is 7.11. The van der Waals surface area contributed by atoms with Crippen molar-refractivity contribution in [3.8, 4) is 0 Å². The van der Waals surface area contributed by atoms with E-state index in [4.69, 9.17) is 0 Å². The summed E-state index contributed by atoms with van der Waals surface area (Å²) in [6, 6.07) is 7.62. The largest absolute Gasteiger partial charge is 0.308 e. The summed E-state index contributed by atoms with van der Waals surface area (Å²) in [5.74, 6) is 0.471. The van der Waals surface area contributed by atoms with Crippen molar-refractivity contribution >= 4 is 23.2 Å². The third-order valence-corrected chi connectivity index (χ3v) is 3.54. The first-order valence-electron chi connectivity index (χ1n) is 7.11. The molecule has 2 rings (SSSR count). The Hall–Kier alpha value is -1.84. The lowest BCUT2D eigenvalue weighted by Crippen LogP contribution is -2.51. The second-order valence-electron chi connectivity index (χ2n) is 5.83. The maximum absolute atomic E-state index is 12.4. The zero-order chi connectivity index (χ0) is 14.9. The van der Waals surface area contributed by atoms with Gasteiger partial charge in [-0.3, -0.25) is 9.59 Å². The Balaban J connectivity index is 2.40. The number of amides is 2. The van der Waals surface area contributed by atoms with Crippen LogP contribution in [0.5, 0.6) is 0 Å². The van der Waals surface area contributed by atoms with E-state index in [1.165, 1.54) is 0 Å². The molecule has 0 saturated carbocycles. The minimum atomic E-state index is -0.00138. The monoisotopic (exact) mass is 274 g/mol. The number of hydrogen-bond acceptors (Lipinski definition) is 2. The van der Waals surface area contributed by atoms with Gasteiger partial charge in [-0.25, -0.2) is 0 Å². The van der Waals surface area contributed by atoms with Crippen LogP contribution in [0.2, 0.25) is 0 Å². The highest BCUT2D eigenvalue weighted by molar-refractivity contribution is 6.03. The molecule has 0 aliphatic carbocycles. The van der Waals surface area contributed by atoms with Crippen molar-refractivity contribution in [1.82, 2.24) is 0 Å². The molecule has 0 saturated heterocycles. The van der Waals surface area contributed by atoms with E-state index < -0.39 is 0 Å². The molecule has 0 spiro atoms. The summed E-state index contributed by atoms with van der Waals surface area (Å²) < 4.78 is 0. The first-order chi connectivity index (χ1) is 9.41. The van der Waals surface area contributed by atoms with Gasteiger partial charge in [-0.2, -0.15) is 0 Å². The van der Waals surface area contributed by atoms with Crippen LogP contribution in [-0.4, -0.2) is 24.4 Å². The predicted molar refractivity (Wildman–Crippen MR) is 80.9 cm³/mol. The summed E-state index contributed by atoms with van der Waals surface area (Å²) in [4.78, 5) is 27.9. The van der Waals surface area contributed by atoms with Gasteiger partial charge in [0.1, 0.15) is 0 Å². The lowest BCUT2D eigenvalue weighted by molar-refractivity contribution is -0.120. The Morgan fingerprint density at radius 3 is 2.40 bits per heavy atom. The Morgan fingerprint density at radius 1 is 1.25 bits per heavy atom. The minimum Gasteiger partial charge on any atom is -0.308 e. The van der Waals surface area contributed by atoms with E-state index in [0.717, 1.165) is 11.4 Å². The average Bonchev–Trinajstić information content (AvgIpc) is 2.36. The van der Waals surface area contributed by atoms with Crippen molar-refractivity contribution in [3.63, 3.8) is 0 Å². The average molecular weight is 274 g/mol. The third-order valence-electron chi connectivity index (χ3n) is 3.54. The van der Waals surface area contributed by atoms with Crippen molar-refractivity contribution in [1.29, 1.82) is 0 Å². The Labute approximate surface area is 120 Å². The molecule has 4 heteroatoms. The second kappa shape index (κ2) is 5.65. The first kappa shape index (κ1) is 14.6. The highest BCUT2D eigenvalue weighted by Crippen LogP contribution is 2.35. The molecule has 1 aromatic carbocycles. The van der Waals surface area contributed by atoms with Crippen LogP contribution in [0, 0.1) is 5.92 Å². The van der Waals surface area contributed by atoms with Crippen LogP contribution in [-0.2, 0) is 9.59 Å². The van der Waals surface area contributed by atoms with Crippen LogP contribution < -0.4 is 9.80 Å². The van der Waals surface area contributed by atoms with Gasteiger partial charge in [0.15, 0.2) is 0 Å². The smallest absolute Gasteiger partial charge is 0.227 e. The van der Waals surface area contributed by atoms with E-state index in [1.807, 2.05) is 49.9 Å². The van der Waals surface area contributed by atoms with E-state index >= 15 is 0 Å². The summed E-state index contributed by atoms with van der Waals surface area (Å²) in [6.45, 7) is 8.19. The Bertz CT molecular complexity index is 525. The van der Waals surface area contributed by atoms with E-state index in [1.54, 1.807) is 11.8 Å². The number of para-hydroxylation sites is 2. The van der Waals surface area contributed by atoms with Crippen molar-refractivity contribution in [2.24, 2.45) is 5.92 Å². The van der Waals surface area contributed by atoms with E-state index in [9.17, 15) is 9.59 Å². The second-order valence-corrected chi connectivity index (χ2v) is 5.83. The molecule has 0 aromatic heterocycles. The molecule has 1 heterocycles. The Morgan fingerprint density at radius 2 is 1.85 bits per heavy atom. The number of rotatable bonds is 2. The molecule has 0 bridgehead atoms. The molecule has 0 radical (unpaired) electrons. The number of carbonyl (C=O) groups excluding carboxylic acids is 2. The zero-order valence-electron chi connectivity index (χ0n) is 12.6. The molecular weight excluding hydrogens is 252 g/mol. The maximum Gasteiger partial charge on any atom is 0.227 e. The van der Waals surface area contributed by atoms with Gasteiger partial charge in [-0.05, 0) is 25.0 Å². The van der Waals surface area contributed by atoms with Crippen LogP contribution in [0.3, 0.4) is 0 Å². The summed E-state index contributed by atoms with van der Waals surface area (Å²) in [6.07, 6.45) is 0.529. The lowest BCUT2D eigenvalue weighted by atomic mass is 10.0. The molecule has 1 aromatic rings. The number of nitrogens with zero attached hydrogens (tertiary/aromatic N) is 2. The van der Waals surface area contributed by atoms with Gasteiger partial charge in [-0.15, -0.1) is 0 Å². The lowest BCUT2D eigenvalue weighted by Gasteiger charge is -2.41.